The number of hydrogen-bond acceptors (Lipinski definition) is 4. The molecule has 0 unspecified atom stereocenters. The van der Waals surface area contributed by atoms with Gasteiger partial charge in [0.1, 0.15) is 0 Å². The van der Waals surface area contributed by atoms with Crippen LogP contribution in [-0.2, 0) is 10.3 Å². The fourth-order valence-corrected chi connectivity index (χ4v) is 10.4. The van der Waals surface area contributed by atoms with Gasteiger partial charge in [-0.1, -0.05) is 169 Å². The number of carbonyl (C=O) groups excluding carboxylic acids is 1. The van der Waals surface area contributed by atoms with Crippen LogP contribution >= 0.6 is 46.4 Å². The topological polar surface area (TPSA) is 32.8 Å². The average Bonchev–Trinajstić information content (AvgIpc) is 3.58. The Morgan fingerprint density at radius 1 is 0.533 bits per heavy atom. The highest BCUT2D eigenvalue weighted by atomic mass is 35.5. The number of benzene rings is 5. The number of anilines is 2. The summed E-state index contributed by atoms with van der Waals surface area (Å²) in [5, 5.41) is 0.190. The van der Waals surface area contributed by atoms with Crippen LogP contribution in [0.5, 0.6) is 0 Å². The van der Waals surface area contributed by atoms with Crippen LogP contribution in [0.2, 0.25) is 20.1 Å². The van der Waals surface area contributed by atoms with Gasteiger partial charge in [-0.2, -0.15) is 0 Å². The highest BCUT2D eigenvalue weighted by Crippen LogP contribution is 2.53. The van der Waals surface area contributed by atoms with Crippen molar-refractivity contribution in [2.24, 2.45) is 0 Å². The van der Waals surface area contributed by atoms with Crippen molar-refractivity contribution in [1.29, 1.82) is 0 Å². The van der Waals surface area contributed by atoms with Crippen molar-refractivity contribution in [3.05, 3.63) is 174 Å². The van der Waals surface area contributed by atoms with Crippen molar-refractivity contribution in [1.82, 2.24) is 0 Å². The third-order valence-corrected chi connectivity index (χ3v) is 14.8. The maximum atomic E-state index is 14.3. The van der Waals surface area contributed by atoms with Crippen LogP contribution in [0.1, 0.15) is 114 Å². The van der Waals surface area contributed by atoms with E-state index < -0.39 is 11.6 Å². The van der Waals surface area contributed by atoms with E-state index in [0.717, 1.165) is 55.9 Å². The van der Waals surface area contributed by atoms with Crippen molar-refractivity contribution in [2.45, 2.75) is 95.7 Å². The zero-order chi connectivity index (χ0) is 42.1. The van der Waals surface area contributed by atoms with Crippen molar-refractivity contribution in [2.75, 3.05) is 23.9 Å². The standard InChI is InChI=1S/C52H52Cl4N2O2/c1-33-15-19-35(20-16-33)43(37-23-27-41(28-24-37)57(3)39-11-7-5-8-12-39)31-52(46-45(51(59)60-52)47(53)49(55)50(56)48(46)54)32-44(36-21-17-34(2)18-22-36)38-25-29-42(30-26-38)58(4)40-13-9-6-10-14-40/h15-32,39-40H,5-14H2,1-4H3. The zero-order valence-electron chi connectivity index (χ0n) is 34.8. The van der Waals surface area contributed by atoms with E-state index >= 15 is 0 Å². The van der Waals surface area contributed by atoms with Crippen LogP contribution in [0.15, 0.2) is 109 Å². The summed E-state index contributed by atoms with van der Waals surface area (Å²) in [7, 11) is 4.40. The number of aryl methyl sites for hydroxylation is 2. The first-order chi connectivity index (χ1) is 28.9. The van der Waals surface area contributed by atoms with Crippen LogP contribution < -0.4 is 9.80 Å². The Labute approximate surface area is 375 Å². The summed E-state index contributed by atoms with van der Waals surface area (Å²) < 4.78 is 6.67. The molecule has 0 atom stereocenters. The number of cyclic esters (lactones) is 1. The molecule has 0 radical (unpaired) electrons. The molecule has 1 heterocycles. The van der Waals surface area contributed by atoms with E-state index in [1.165, 1.54) is 64.2 Å². The van der Waals surface area contributed by atoms with E-state index in [-0.39, 0.29) is 25.7 Å². The molecule has 8 rings (SSSR count). The van der Waals surface area contributed by atoms with Crippen molar-refractivity contribution in [3.8, 4) is 0 Å². The monoisotopic (exact) mass is 876 g/mol. The Morgan fingerprint density at radius 3 is 1.27 bits per heavy atom. The molecule has 2 aliphatic carbocycles. The average molecular weight is 879 g/mol. The molecule has 0 amide bonds. The lowest BCUT2D eigenvalue weighted by molar-refractivity contribution is 0.0300. The lowest BCUT2D eigenvalue weighted by atomic mass is 9.82. The third-order valence-electron chi connectivity index (χ3n) is 13.0. The normalized spacial score (nSPS) is 19.0. The van der Waals surface area contributed by atoms with Crippen LogP contribution in [0.4, 0.5) is 11.4 Å². The van der Waals surface area contributed by atoms with Crippen molar-refractivity contribution < 1.29 is 9.53 Å². The summed E-state index contributed by atoms with van der Waals surface area (Å²) in [4.78, 5) is 19.1. The Morgan fingerprint density at radius 2 is 0.883 bits per heavy atom. The second-order valence-electron chi connectivity index (χ2n) is 16.9. The first kappa shape index (κ1) is 42.5. The van der Waals surface area contributed by atoms with Gasteiger partial charge < -0.3 is 14.5 Å². The summed E-state index contributed by atoms with van der Waals surface area (Å²) >= 11 is 27.7. The van der Waals surface area contributed by atoms with Gasteiger partial charge in [0.25, 0.3) is 0 Å². The van der Waals surface area contributed by atoms with E-state index in [4.69, 9.17) is 51.1 Å². The minimum Gasteiger partial charge on any atom is -0.442 e. The predicted octanol–water partition coefficient (Wildman–Crippen LogP) is 15.1. The third kappa shape index (κ3) is 8.51. The van der Waals surface area contributed by atoms with Gasteiger partial charge in [-0.25, -0.2) is 4.79 Å². The summed E-state index contributed by atoms with van der Waals surface area (Å²) in [6.45, 7) is 4.14. The molecular weight excluding hydrogens is 826 g/mol. The van der Waals surface area contributed by atoms with Gasteiger partial charge in [0, 0.05) is 43.1 Å². The first-order valence-electron chi connectivity index (χ1n) is 21.3. The molecule has 8 heteroatoms. The molecule has 0 N–H and O–H groups in total. The summed E-state index contributed by atoms with van der Waals surface area (Å²) in [6.07, 6.45) is 16.5. The number of hydrogen-bond donors (Lipinski definition) is 0. The van der Waals surface area contributed by atoms with Crippen molar-refractivity contribution in [3.63, 3.8) is 0 Å². The fourth-order valence-electron chi connectivity index (χ4n) is 9.36. The van der Waals surface area contributed by atoms with Gasteiger partial charge in [-0.05, 0) is 109 Å². The van der Waals surface area contributed by atoms with Gasteiger partial charge >= 0.3 is 5.97 Å². The second-order valence-corrected chi connectivity index (χ2v) is 18.4. The molecule has 5 aromatic rings. The Balaban J connectivity index is 1.35. The lowest BCUT2D eigenvalue weighted by Gasteiger charge is -2.33. The zero-order valence-corrected chi connectivity index (χ0v) is 37.9. The number of nitrogens with zero attached hydrogens (tertiary/aromatic N) is 2. The largest absolute Gasteiger partial charge is 0.442 e. The van der Waals surface area contributed by atoms with Gasteiger partial charge in [-0.15, -0.1) is 0 Å². The number of fused-ring (bicyclic) bond motifs is 1. The van der Waals surface area contributed by atoms with Gasteiger partial charge in [-0.3, -0.25) is 0 Å². The molecule has 0 spiro atoms. The lowest BCUT2D eigenvalue weighted by Crippen LogP contribution is -2.33. The molecule has 2 saturated carbocycles. The highest BCUT2D eigenvalue weighted by molar-refractivity contribution is 6.53. The Bertz CT molecular complexity index is 2280. The van der Waals surface area contributed by atoms with E-state index in [9.17, 15) is 4.79 Å². The number of ether oxygens (including phenoxy) is 1. The first-order valence-corrected chi connectivity index (χ1v) is 22.8. The predicted molar refractivity (Wildman–Crippen MR) is 254 cm³/mol. The summed E-state index contributed by atoms with van der Waals surface area (Å²) in [5.74, 6) is -0.636. The molecule has 1 aliphatic heterocycles. The molecule has 60 heavy (non-hydrogen) atoms. The van der Waals surface area contributed by atoms with E-state index in [1.54, 1.807) is 0 Å². The smallest absolute Gasteiger partial charge is 0.341 e. The summed E-state index contributed by atoms with van der Waals surface area (Å²) in [6, 6.07) is 35.2. The number of rotatable bonds is 10. The SMILES string of the molecule is Cc1ccc(C(=CC2(C=C(c3ccc(C)cc3)c3ccc(N(C)C4CCCCC4)cc3)OC(=O)c3c(Cl)c(Cl)c(Cl)c(Cl)c32)c2ccc(N(C)C3CCCCC3)cc2)cc1. The highest BCUT2D eigenvalue weighted by Gasteiger charge is 2.48. The minimum absolute atomic E-state index is 0.00807. The number of esters is 1. The van der Waals surface area contributed by atoms with Crippen LogP contribution in [0.3, 0.4) is 0 Å². The second kappa shape index (κ2) is 18.0. The van der Waals surface area contributed by atoms with E-state index in [0.29, 0.717) is 17.6 Å². The molecule has 0 bridgehead atoms. The van der Waals surface area contributed by atoms with Gasteiger partial charge in [0.05, 0.1) is 25.7 Å². The van der Waals surface area contributed by atoms with E-state index in [2.05, 4.69) is 135 Å². The quantitative estimate of drug-likeness (QED) is 0.0795. The molecule has 4 nitrogen and oxygen atoms in total. The molecule has 310 valence electrons. The molecule has 3 aliphatic rings. The maximum absolute atomic E-state index is 14.3. The Kier molecular flexibility index (Phi) is 12.8. The fraction of sp³-hybridized carbons (Fsp3) is 0.327. The molecule has 2 fully saturated rings. The number of halogens is 4. The van der Waals surface area contributed by atoms with E-state index in [1.807, 2.05) is 12.2 Å². The van der Waals surface area contributed by atoms with Gasteiger partial charge in [0.15, 0.2) is 5.60 Å². The van der Waals surface area contributed by atoms with Crippen LogP contribution in [0, 0.1) is 13.8 Å². The van der Waals surface area contributed by atoms with Crippen molar-refractivity contribution >= 4 is 74.9 Å². The molecule has 5 aromatic carbocycles. The Hall–Kier alpha value is -4.19. The van der Waals surface area contributed by atoms with Crippen LogP contribution in [-0.4, -0.2) is 32.1 Å². The minimum atomic E-state index is -1.57. The maximum Gasteiger partial charge on any atom is 0.341 e. The molecule has 0 saturated heterocycles. The number of carbonyl (C=O) groups is 1. The molecular formula is C52H52Cl4N2O2. The van der Waals surface area contributed by atoms with Gasteiger partial charge in [0.2, 0.25) is 0 Å². The molecule has 0 aromatic heterocycles. The summed E-state index contributed by atoms with van der Waals surface area (Å²) in [5.41, 5.74) is 8.96. The van der Waals surface area contributed by atoms with Crippen LogP contribution in [0.25, 0.3) is 11.1 Å².